The molecule has 0 atom stereocenters. The number of ether oxygens (including phenoxy) is 2. The van der Waals surface area contributed by atoms with E-state index in [9.17, 15) is 9.18 Å². The van der Waals surface area contributed by atoms with E-state index in [0.717, 1.165) is 68.3 Å². The van der Waals surface area contributed by atoms with Crippen molar-refractivity contribution in [3.05, 3.63) is 52.3 Å². The van der Waals surface area contributed by atoms with Gasteiger partial charge < -0.3 is 18.9 Å². The molecule has 9 heteroatoms. The number of carbonyl (C=O) groups is 1. The van der Waals surface area contributed by atoms with Gasteiger partial charge in [-0.15, -0.1) is 0 Å². The van der Waals surface area contributed by atoms with Gasteiger partial charge in [0.2, 0.25) is 5.95 Å². The van der Waals surface area contributed by atoms with E-state index >= 15 is 0 Å². The molecule has 7 nitrogen and oxygen atoms in total. The Hall–Kier alpha value is -2.49. The Morgan fingerprint density at radius 2 is 1.83 bits per heavy atom. The number of hydrogen-bond donors (Lipinski definition) is 1. The molecule has 36 heavy (non-hydrogen) atoms. The van der Waals surface area contributed by atoms with Gasteiger partial charge in [0.05, 0.1) is 16.6 Å². The van der Waals surface area contributed by atoms with Crippen LogP contribution in [0.25, 0.3) is 11.0 Å². The molecule has 1 aliphatic carbocycles. The monoisotopic (exact) mass is 558 g/mol. The predicted octanol–water partition coefficient (Wildman–Crippen LogP) is 6.14. The van der Waals surface area contributed by atoms with Crippen LogP contribution in [0.3, 0.4) is 0 Å². The summed E-state index contributed by atoms with van der Waals surface area (Å²) in [6.07, 6.45) is 6.16. The minimum atomic E-state index is -0.569. The van der Waals surface area contributed by atoms with Gasteiger partial charge in [-0.25, -0.2) is 9.37 Å². The summed E-state index contributed by atoms with van der Waals surface area (Å²) in [5.74, 6) is -0.234. The van der Waals surface area contributed by atoms with Gasteiger partial charge in [0.1, 0.15) is 5.82 Å². The van der Waals surface area contributed by atoms with Crippen molar-refractivity contribution >= 4 is 44.5 Å². The predicted molar refractivity (Wildman–Crippen MR) is 142 cm³/mol. The average Bonchev–Trinajstić information content (AvgIpc) is 3.52. The summed E-state index contributed by atoms with van der Waals surface area (Å²) in [7, 11) is 3.39. The number of anilines is 2. The molecule has 1 N–H and O–H groups in total. The Morgan fingerprint density at radius 3 is 2.50 bits per heavy atom. The van der Waals surface area contributed by atoms with Crippen LogP contribution in [0.1, 0.15) is 54.9 Å². The van der Waals surface area contributed by atoms with Crippen LogP contribution in [-0.4, -0.2) is 49.1 Å². The van der Waals surface area contributed by atoms with Crippen LogP contribution in [-0.2, 0) is 9.47 Å². The number of aromatic nitrogens is 2. The summed E-state index contributed by atoms with van der Waals surface area (Å²) < 4.78 is 28.0. The number of methoxy groups -OCH3 is 2. The van der Waals surface area contributed by atoms with Gasteiger partial charge in [-0.3, -0.25) is 10.1 Å². The maximum absolute atomic E-state index is 14.5. The molecule has 2 aliphatic rings. The fourth-order valence-corrected chi connectivity index (χ4v) is 6.21. The van der Waals surface area contributed by atoms with E-state index in [1.165, 1.54) is 6.07 Å². The van der Waals surface area contributed by atoms with Crippen LogP contribution in [0.15, 0.2) is 40.9 Å². The lowest BCUT2D eigenvalue weighted by Crippen LogP contribution is -2.39. The number of rotatable bonds is 7. The highest BCUT2D eigenvalue weighted by atomic mass is 79.9. The molecule has 3 aromatic rings. The second-order valence-corrected chi connectivity index (χ2v) is 10.5. The first kappa shape index (κ1) is 25.2. The summed E-state index contributed by atoms with van der Waals surface area (Å²) in [5.41, 5.74) is 2.94. The van der Waals surface area contributed by atoms with E-state index in [1.807, 2.05) is 6.07 Å². The maximum Gasteiger partial charge on any atom is 0.262 e. The van der Waals surface area contributed by atoms with Gasteiger partial charge >= 0.3 is 0 Å². The zero-order chi connectivity index (χ0) is 25.2. The van der Waals surface area contributed by atoms with Gasteiger partial charge in [-0.1, -0.05) is 18.9 Å². The number of carbonyl (C=O) groups excluding carboxylic acids is 1. The van der Waals surface area contributed by atoms with Gasteiger partial charge in [-0.2, -0.15) is 0 Å². The normalized spacial score (nSPS) is 17.4. The van der Waals surface area contributed by atoms with Gasteiger partial charge in [0.25, 0.3) is 5.91 Å². The Bertz CT molecular complexity index is 1210. The number of halogens is 2. The van der Waals surface area contributed by atoms with Crippen LogP contribution in [0, 0.1) is 11.7 Å². The number of imidazole rings is 1. The standard InChI is InChI=1S/C27H32BrFN4O3/c1-35-26(36-2)17-12-14-32(15-13-17)19-10-11-22-23(16-19)33(18-6-3-4-7-18)27(30-22)31-25(34)24-20(28)8-5-9-21(24)29/h5,8-11,16-18,26H,3-4,6-7,12-15H2,1-2H3,(H,30,31,34). The smallest absolute Gasteiger partial charge is 0.262 e. The summed E-state index contributed by atoms with van der Waals surface area (Å²) in [6, 6.07) is 11.1. The Labute approximate surface area is 219 Å². The Balaban J connectivity index is 1.45. The van der Waals surface area contributed by atoms with E-state index in [4.69, 9.17) is 14.5 Å². The molecule has 5 rings (SSSR count). The van der Waals surface area contributed by atoms with Crippen molar-refractivity contribution in [3.8, 4) is 0 Å². The number of fused-ring (bicyclic) bond motifs is 1. The molecule has 192 valence electrons. The minimum absolute atomic E-state index is 0.0171. The molecule has 2 aromatic carbocycles. The van der Waals surface area contributed by atoms with Gasteiger partial charge in [0, 0.05) is 49.4 Å². The summed E-state index contributed by atoms with van der Waals surface area (Å²) >= 11 is 3.31. The third-order valence-corrected chi connectivity index (χ3v) is 8.19. The summed E-state index contributed by atoms with van der Waals surface area (Å²) in [6.45, 7) is 1.84. The fraction of sp³-hybridized carbons (Fsp3) is 0.481. The van der Waals surface area contributed by atoms with Crippen LogP contribution < -0.4 is 10.2 Å². The molecule has 1 aromatic heterocycles. The molecule has 1 saturated carbocycles. The number of nitrogens with one attached hydrogen (secondary N) is 1. The summed E-state index contributed by atoms with van der Waals surface area (Å²) in [4.78, 5) is 20.2. The van der Waals surface area contributed by atoms with Gasteiger partial charge in [-0.05, 0) is 71.9 Å². The zero-order valence-corrected chi connectivity index (χ0v) is 22.3. The van der Waals surface area contributed by atoms with Crippen molar-refractivity contribution in [2.24, 2.45) is 5.92 Å². The molecular formula is C27H32BrFN4O3. The number of benzene rings is 2. The van der Waals surface area contributed by atoms with Crippen LogP contribution in [0.4, 0.5) is 16.0 Å². The molecule has 0 radical (unpaired) electrons. The highest BCUT2D eigenvalue weighted by molar-refractivity contribution is 9.10. The molecule has 2 heterocycles. The van der Waals surface area contributed by atoms with Crippen molar-refractivity contribution in [2.45, 2.75) is 50.9 Å². The number of piperidine rings is 1. The van der Waals surface area contributed by atoms with Crippen molar-refractivity contribution < 1.29 is 18.7 Å². The van der Waals surface area contributed by atoms with Crippen molar-refractivity contribution in [1.82, 2.24) is 9.55 Å². The first-order chi connectivity index (χ1) is 17.5. The van der Waals surface area contributed by atoms with Crippen LogP contribution in [0.2, 0.25) is 0 Å². The number of amides is 1. The maximum atomic E-state index is 14.5. The topological polar surface area (TPSA) is 68.6 Å². The first-order valence-electron chi connectivity index (χ1n) is 12.6. The number of hydrogen-bond acceptors (Lipinski definition) is 5. The molecule has 0 unspecified atom stereocenters. The molecular weight excluding hydrogens is 527 g/mol. The van der Waals surface area contributed by atoms with Crippen LogP contribution >= 0.6 is 15.9 Å². The molecule has 0 bridgehead atoms. The largest absolute Gasteiger partial charge is 0.371 e. The molecule has 1 amide bonds. The van der Waals surface area contributed by atoms with E-state index in [0.29, 0.717) is 16.3 Å². The van der Waals surface area contributed by atoms with Crippen molar-refractivity contribution in [3.63, 3.8) is 0 Å². The highest BCUT2D eigenvalue weighted by Crippen LogP contribution is 2.37. The Kier molecular flexibility index (Phi) is 7.60. The molecule has 1 saturated heterocycles. The number of nitrogens with zero attached hydrogens (tertiary/aromatic N) is 3. The van der Waals surface area contributed by atoms with E-state index < -0.39 is 11.7 Å². The van der Waals surface area contributed by atoms with Crippen molar-refractivity contribution in [2.75, 3.05) is 37.5 Å². The van der Waals surface area contributed by atoms with E-state index in [-0.39, 0.29) is 17.9 Å². The van der Waals surface area contributed by atoms with E-state index in [2.05, 4.69) is 42.8 Å². The lowest BCUT2D eigenvalue weighted by atomic mass is 9.95. The molecule has 2 fully saturated rings. The average molecular weight is 559 g/mol. The fourth-order valence-electron chi connectivity index (χ4n) is 5.69. The highest BCUT2D eigenvalue weighted by Gasteiger charge is 2.28. The third kappa shape index (κ3) is 4.88. The molecule has 0 spiro atoms. The summed E-state index contributed by atoms with van der Waals surface area (Å²) in [5, 5.41) is 2.91. The lowest BCUT2D eigenvalue weighted by molar-refractivity contribution is -0.141. The van der Waals surface area contributed by atoms with Crippen molar-refractivity contribution in [1.29, 1.82) is 0 Å². The molecule has 1 aliphatic heterocycles. The first-order valence-corrected chi connectivity index (χ1v) is 13.4. The van der Waals surface area contributed by atoms with E-state index in [1.54, 1.807) is 26.4 Å². The Morgan fingerprint density at radius 1 is 1.11 bits per heavy atom. The third-order valence-electron chi connectivity index (χ3n) is 7.53. The quantitative estimate of drug-likeness (QED) is 0.353. The lowest BCUT2D eigenvalue weighted by Gasteiger charge is -2.36. The second kappa shape index (κ2) is 10.9. The van der Waals surface area contributed by atoms with Crippen LogP contribution in [0.5, 0.6) is 0 Å². The zero-order valence-electron chi connectivity index (χ0n) is 20.7. The SMILES string of the molecule is COC(OC)C1CCN(c2ccc3nc(NC(=O)c4c(F)cccc4Br)n(C4CCCC4)c3c2)CC1. The minimum Gasteiger partial charge on any atom is -0.371 e. The van der Waals surface area contributed by atoms with Gasteiger partial charge in [0.15, 0.2) is 6.29 Å². The second-order valence-electron chi connectivity index (χ2n) is 9.63.